The second kappa shape index (κ2) is 9.32. The molecule has 1 fully saturated rings. The number of carbonyl (C=O) groups excluding carboxylic acids is 2. The third-order valence-corrected chi connectivity index (χ3v) is 5.97. The van der Waals surface area contributed by atoms with Crippen molar-refractivity contribution in [3.05, 3.63) is 41.5 Å². The molecule has 1 aromatic heterocycles. The number of rotatable bonds is 9. The Kier molecular flexibility index (Phi) is 6.83. The number of ether oxygens (including phenoxy) is 1. The zero-order valence-corrected chi connectivity index (χ0v) is 17.1. The van der Waals surface area contributed by atoms with E-state index in [4.69, 9.17) is 4.74 Å². The highest BCUT2D eigenvalue weighted by molar-refractivity contribution is 7.20. The van der Waals surface area contributed by atoms with Gasteiger partial charge in [-0.2, -0.15) is 0 Å². The number of amides is 1. The topological polar surface area (TPSA) is 78.9 Å². The van der Waals surface area contributed by atoms with Crippen molar-refractivity contribution in [3.8, 4) is 10.4 Å². The lowest BCUT2D eigenvalue weighted by molar-refractivity contribution is -0.117. The molecule has 1 aromatic carbocycles. The van der Waals surface area contributed by atoms with E-state index < -0.39 is 5.97 Å². The Balaban J connectivity index is 1.86. The average molecular weight is 403 g/mol. The Bertz CT molecular complexity index is 830. The van der Waals surface area contributed by atoms with E-state index in [1.54, 1.807) is 6.92 Å². The lowest BCUT2D eigenvalue weighted by atomic mass is 10.1. The van der Waals surface area contributed by atoms with E-state index in [1.807, 2.05) is 42.2 Å². The lowest BCUT2D eigenvalue weighted by Gasteiger charge is -2.19. The summed E-state index contributed by atoms with van der Waals surface area (Å²) >= 11 is 1.39. The van der Waals surface area contributed by atoms with Crippen molar-refractivity contribution in [2.45, 2.75) is 32.7 Å². The summed E-state index contributed by atoms with van der Waals surface area (Å²) in [4.78, 5) is 28.1. The van der Waals surface area contributed by atoms with Crippen LogP contribution in [-0.2, 0) is 9.53 Å². The fourth-order valence-electron chi connectivity index (χ4n) is 3.22. The molecule has 0 atom stereocenters. The van der Waals surface area contributed by atoms with Gasteiger partial charge in [0, 0.05) is 17.5 Å². The maximum atomic E-state index is 12.6. The quantitative estimate of drug-likeness (QED) is 0.629. The number of aliphatic hydroxyl groups excluding tert-OH is 1. The van der Waals surface area contributed by atoms with Gasteiger partial charge in [-0.25, -0.2) is 4.79 Å². The number of anilines is 1. The largest absolute Gasteiger partial charge is 0.462 e. The molecule has 7 heteroatoms. The predicted molar refractivity (Wildman–Crippen MR) is 111 cm³/mol. The Hall–Kier alpha value is -2.22. The molecule has 0 spiro atoms. The van der Waals surface area contributed by atoms with Crippen LogP contribution in [-0.4, -0.2) is 54.2 Å². The van der Waals surface area contributed by atoms with Gasteiger partial charge >= 0.3 is 5.97 Å². The maximum Gasteiger partial charge on any atom is 0.341 e. The first kappa shape index (κ1) is 20.5. The predicted octanol–water partition coefficient (Wildman–Crippen LogP) is 3.30. The molecule has 2 aromatic rings. The van der Waals surface area contributed by atoms with Crippen LogP contribution in [0.3, 0.4) is 0 Å². The van der Waals surface area contributed by atoms with Gasteiger partial charge in [0.05, 0.1) is 25.3 Å². The third kappa shape index (κ3) is 4.79. The van der Waals surface area contributed by atoms with Crippen LogP contribution in [0.1, 0.15) is 35.7 Å². The van der Waals surface area contributed by atoms with Crippen LogP contribution in [0.15, 0.2) is 30.3 Å². The molecule has 0 aliphatic heterocycles. The molecular formula is C21H26N2O4S. The molecular weight excluding hydrogens is 376 g/mol. The van der Waals surface area contributed by atoms with Crippen molar-refractivity contribution >= 4 is 28.2 Å². The second-order valence-electron chi connectivity index (χ2n) is 6.82. The number of nitrogens with zero attached hydrogens (tertiary/aromatic N) is 1. The average Bonchev–Trinajstić information content (AvgIpc) is 3.47. The van der Waals surface area contributed by atoms with E-state index in [-0.39, 0.29) is 25.7 Å². The number of nitrogens with one attached hydrogen (secondary N) is 1. The molecule has 150 valence electrons. The number of carbonyl (C=O) groups is 2. The molecule has 0 saturated heterocycles. The minimum atomic E-state index is -0.428. The maximum absolute atomic E-state index is 12.6. The highest BCUT2D eigenvalue weighted by Gasteiger charge is 2.30. The zero-order chi connectivity index (χ0) is 20.1. The van der Waals surface area contributed by atoms with Gasteiger partial charge in [0.1, 0.15) is 5.00 Å². The summed E-state index contributed by atoms with van der Waals surface area (Å²) in [7, 11) is 0. The number of aliphatic hydroxyl groups is 1. The summed E-state index contributed by atoms with van der Waals surface area (Å²) in [6.45, 7) is 4.61. The molecule has 1 heterocycles. The van der Waals surface area contributed by atoms with E-state index in [0.29, 0.717) is 23.2 Å². The van der Waals surface area contributed by atoms with Crippen LogP contribution >= 0.6 is 11.3 Å². The molecule has 6 nitrogen and oxygen atoms in total. The molecule has 0 unspecified atom stereocenters. The van der Waals surface area contributed by atoms with Gasteiger partial charge in [0.2, 0.25) is 5.91 Å². The number of thiophene rings is 1. The van der Waals surface area contributed by atoms with Gasteiger partial charge in [-0.3, -0.25) is 9.69 Å². The normalized spacial score (nSPS) is 13.6. The first-order valence-electron chi connectivity index (χ1n) is 9.55. The SMILES string of the molecule is CCOC(=O)c1c(NC(=O)CN(CCO)C2CC2)sc(-c2ccccc2)c1C. The zero-order valence-electron chi connectivity index (χ0n) is 16.2. The van der Waals surface area contributed by atoms with Crippen molar-refractivity contribution in [3.63, 3.8) is 0 Å². The minimum Gasteiger partial charge on any atom is -0.462 e. The monoisotopic (exact) mass is 402 g/mol. The van der Waals surface area contributed by atoms with Gasteiger partial charge in [-0.05, 0) is 37.8 Å². The van der Waals surface area contributed by atoms with Crippen molar-refractivity contribution < 1.29 is 19.4 Å². The van der Waals surface area contributed by atoms with E-state index in [9.17, 15) is 14.7 Å². The molecule has 3 rings (SSSR count). The van der Waals surface area contributed by atoms with Crippen molar-refractivity contribution in [1.29, 1.82) is 0 Å². The molecule has 1 aliphatic carbocycles. The van der Waals surface area contributed by atoms with Crippen molar-refractivity contribution in [2.24, 2.45) is 0 Å². The van der Waals surface area contributed by atoms with Gasteiger partial charge in [-0.15, -0.1) is 11.3 Å². The Labute approximate surface area is 169 Å². The third-order valence-electron chi connectivity index (χ3n) is 4.71. The fraction of sp³-hybridized carbons (Fsp3) is 0.429. The molecule has 28 heavy (non-hydrogen) atoms. The summed E-state index contributed by atoms with van der Waals surface area (Å²) < 4.78 is 5.22. The van der Waals surface area contributed by atoms with E-state index in [0.717, 1.165) is 28.8 Å². The number of benzene rings is 1. The standard InChI is InChI=1S/C21H26N2O4S/c1-3-27-21(26)18-14(2)19(15-7-5-4-6-8-15)28-20(18)22-17(25)13-23(11-12-24)16-9-10-16/h4-8,16,24H,3,9-13H2,1-2H3,(H,22,25). The molecule has 1 aliphatic rings. The van der Waals surface area contributed by atoms with Crippen molar-refractivity contribution in [1.82, 2.24) is 4.90 Å². The van der Waals surface area contributed by atoms with Crippen LogP contribution < -0.4 is 5.32 Å². The van der Waals surface area contributed by atoms with Crippen LogP contribution in [0.5, 0.6) is 0 Å². The molecule has 1 saturated carbocycles. The van der Waals surface area contributed by atoms with E-state index >= 15 is 0 Å². The van der Waals surface area contributed by atoms with Crippen LogP contribution in [0, 0.1) is 6.92 Å². The molecule has 0 bridgehead atoms. The Morgan fingerprint density at radius 1 is 1.29 bits per heavy atom. The second-order valence-corrected chi connectivity index (χ2v) is 7.84. The highest BCUT2D eigenvalue weighted by atomic mass is 32.1. The lowest BCUT2D eigenvalue weighted by Crippen LogP contribution is -2.36. The first-order chi connectivity index (χ1) is 13.5. The summed E-state index contributed by atoms with van der Waals surface area (Å²) in [6.07, 6.45) is 2.11. The van der Waals surface area contributed by atoms with Crippen molar-refractivity contribution in [2.75, 3.05) is 31.6 Å². The summed E-state index contributed by atoms with van der Waals surface area (Å²) in [5.41, 5.74) is 2.22. The minimum absolute atomic E-state index is 0.0219. The Morgan fingerprint density at radius 2 is 2.00 bits per heavy atom. The molecule has 0 radical (unpaired) electrons. The summed E-state index contributed by atoms with van der Waals surface area (Å²) in [5, 5.41) is 12.6. The number of hydrogen-bond acceptors (Lipinski definition) is 6. The van der Waals surface area contributed by atoms with Gasteiger partial charge < -0.3 is 15.2 Å². The number of esters is 1. The fourth-order valence-corrected chi connectivity index (χ4v) is 4.44. The van der Waals surface area contributed by atoms with Gasteiger partial charge in [0.25, 0.3) is 0 Å². The van der Waals surface area contributed by atoms with Crippen LogP contribution in [0.2, 0.25) is 0 Å². The molecule has 1 amide bonds. The smallest absolute Gasteiger partial charge is 0.341 e. The van der Waals surface area contributed by atoms with E-state index in [1.165, 1.54) is 11.3 Å². The van der Waals surface area contributed by atoms with Gasteiger partial charge in [-0.1, -0.05) is 30.3 Å². The van der Waals surface area contributed by atoms with Gasteiger partial charge in [0.15, 0.2) is 0 Å². The summed E-state index contributed by atoms with van der Waals surface area (Å²) in [6, 6.07) is 10.2. The first-order valence-corrected chi connectivity index (χ1v) is 10.4. The summed E-state index contributed by atoms with van der Waals surface area (Å²) in [5.74, 6) is -0.616. The van der Waals surface area contributed by atoms with Crippen LogP contribution in [0.4, 0.5) is 5.00 Å². The molecule has 2 N–H and O–H groups in total. The highest BCUT2D eigenvalue weighted by Crippen LogP contribution is 2.40. The van der Waals surface area contributed by atoms with E-state index in [2.05, 4.69) is 5.32 Å². The van der Waals surface area contributed by atoms with Crippen LogP contribution in [0.25, 0.3) is 10.4 Å². The number of hydrogen-bond donors (Lipinski definition) is 2. The Morgan fingerprint density at radius 3 is 2.61 bits per heavy atom.